The van der Waals surface area contributed by atoms with Gasteiger partial charge in [-0.15, -0.1) is 0 Å². The predicted molar refractivity (Wildman–Crippen MR) is 79.0 cm³/mol. The van der Waals surface area contributed by atoms with Gasteiger partial charge in [0.2, 0.25) is 0 Å². The molecule has 0 aliphatic carbocycles. The predicted octanol–water partition coefficient (Wildman–Crippen LogP) is 4.83. The highest BCUT2D eigenvalue weighted by Crippen LogP contribution is 2.14. The van der Waals surface area contributed by atoms with Crippen LogP contribution in [0.1, 0.15) is 52.9 Å². The zero-order valence-electron chi connectivity index (χ0n) is 11.9. The summed E-state index contributed by atoms with van der Waals surface area (Å²) in [6, 6.07) is 0. The van der Waals surface area contributed by atoms with E-state index in [0.29, 0.717) is 0 Å². The third-order valence-corrected chi connectivity index (χ3v) is 2.85. The molecular formula is C16H29N. The van der Waals surface area contributed by atoms with Gasteiger partial charge in [0.15, 0.2) is 0 Å². The average Bonchev–Trinajstić information content (AvgIpc) is 2.30. The lowest BCUT2D eigenvalue weighted by Crippen LogP contribution is -2.21. The van der Waals surface area contributed by atoms with Gasteiger partial charge in [0.25, 0.3) is 0 Å². The van der Waals surface area contributed by atoms with Crippen LogP contribution in [0.2, 0.25) is 0 Å². The molecule has 0 aromatic carbocycles. The van der Waals surface area contributed by atoms with Gasteiger partial charge in [-0.1, -0.05) is 57.9 Å². The summed E-state index contributed by atoms with van der Waals surface area (Å²) in [6.45, 7) is 15.4. The summed E-state index contributed by atoms with van der Waals surface area (Å²) in [5.41, 5.74) is 2.05. The third-order valence-electron chi connectivity index (χ3n) is 2.85. The van der Waals surface area contributed by atoms with Crippen molar-refractivity contribution in [2.45, 2.75) is 52.9 Å². The lowest BCUT2D eigenvalue weighted by molar-refractivity contribution is 0.417. The van der Waals surface area contributed by atoms with E-state index >= 15 is 0 Å². The van der Waals surface area contributed by atoms with Crippen LogP contribution < -0.4 is 5.32 Å². The summed E-state index contributed by atoms with van der Waals surface area (Å²) >= 11 is 0. The lowest BCUT2D eigenvalue weighted by Gasteiger charge is -2.17. The molecule has 1 N–H and O–H groups in total. The molecule has 0 fully saturated rings. The van der Waals surface area contributed by atoms with E-state index in [1.807, 2.05) is 19.1 Å². The summed E-state index contributed by atoms with van der Waals surface area (Å²) in [6.07, 6.45) is 10.5. The van der Waals surface area contributed by atoms with Gasteiger partial charge in [-0.3, -0.25) is 0 Å². The van der Waals surface area contributed by atoms with Gasteiger partial charge in [0, 0.05) is 12.2 Å². The quantitative estimate of drug-likeness (QED) is 0.535. The van der Waals surface area contributed by atoms with Crippen molar-refractivity contribution in [1.29, 1.82) is 0 Å². The zero-order valence-corrected chi connectivity index (χ0v) is 11.9. The molecule has 0 aromatic heterocycles. The molecule has 0 saturated carbocycles. The van der Waals surface area contributed by atoms with E-state index in [9.17, 15) is 0 Å². The Labute approximate surface area is 108 Å². The normalized spacial score (nSPS) is 12.6. The topological polar surface area (TPSA) is 12.0 Å². The molecule has 0 amide bonds. The first kappa shape index (κ1) is 16.0. The van der Waals surface area contributed by atoms with Crippen molar-refractivity contribution in [3.05, 3.63) is 36.6 Å². The largest absolute Gasteiger partial charge is 0.385 e. The van der Waals surface area contributed by atoms with Crippen molar-refractivity contribution in [2.24, 2.45) is 5.92 Å². The molecule has 98 valence electrons. The van der Waals surface area contributed by atoms with Crippen LogP contribution in [0.15, 0.2) is 36.6 Å². The Bertz CT molecular complexity index is 250. The summed E-state index contributed by atoms with van der Waals surface area (Å²) < 4.78 is 0. The average molecular weight is 235 g/mol. The standard InChI is InChI=1S/C16H29N/c1-6-8-10-16(9-7-2)13-17-15(5)12-11-14(3)4/h11-12,16-17H,3,5-10,13H2,1-2,4H3/b12-11-. The van der Waals surface area contributed by atoms with Crippen molar-refractivity contribution in [1.82, 2.24) is 5.32 Å². The molecule has 0 aliphatic rings. The monoisotopic (exact) mass is 235 g/mol. The van der Waals surface area contributed by atoms with E-state index in [-0.39, 0.29) is 0 Å². The van der Waals surface area contributed by atoms with Gasteiger partial charge in [-0.25, -0.2) is 0 Å². The summed E-state index contributed by atoms with van der Waals surface area (Å²) in [5, 5.41) is 3.41. The molecule has 0 rings (SSSR count). The molecule has 1 atom stereocenters. The van der Waals surface area contributed by atoms with E-state index < -0.39 is 0 Å². The second-order valence-electron chi connectivity index (χ2n) is 4.88. The molecule has 0 spiro atoms. The number of hydrogen-bond donors (Lipinski definition) is 1. The highest BCUT2D eigenvalue weighted by atomic mass is 14.9. The van der Waals surface area contributed by atoms with Crippen LogP contribution in [-0.2, 0) is 0 Å². The van der Waals surface area contributed by atoms with E-state index in [4.69, 9.17) is 0 Å². The van der Waals surface area contributed by atoms with E-state index in [0.717, 1.165) is 23.7 Å². The Kier molecular flexibility index (Phi) is 9.60. The van der Waals surface area contributed by atoms with Crippen LogP contribution in [0.5, 0.6) is 0 Å². The molecule has 17 heavy (non-hydrogen) atoms. The minimum Gasteiger partial charge on any atom is -0.385 e. The van der Waals surface area contributed by atoms with Crippen molar-refractivity contribution < 1.29 is 0 Å². The fourth-order valence-electron chi connectivity index (χ4n) is 1.83. The van der Waals surface area contributed by atoms with Crippen LogP contribution >= 0.6 is 0 Å². The lowest BCUT2D eigenvalue weighted by atomic mass is 9.97. The fourth-order valence-corrected chi connectivity index (χ4v) is 1.83. The van der Waals surface area contributed by atoms with Gasteiger partial charge in [0.1, 0.15) is 0 Å². The third kappa shape index (κ3) is 9.92. The smallest absolute Gasteiger partial charge is 0.0267 e. The number of allylic oxidation sites excluding steroid dienone is 3. The molecule has 1 unspecified atom stereocenters. The molecule has 0 aliphatic heterocycles. The first-order chi connectivity index (χ1) is 8.10. The van der Waals surface area contributed by atoms with Crippen LogP contribution in [0.25, 0.3) is 0 Å². The molecule has 0 heterocycles. The molecule has 0 bridgehead atoms. The summed E-state index contributed by atoms with van der Waals surface area (Å²) in [7, 11) is 0. The number of nitrogens with one attached hydrogen (secondary N) is 1. The Hall–Kier alpha value is -0.980. The first-order valence-electron chi connectivity index (χ1n) is 6.86. The molecule has 1 nitrogen and oxygen atoms in total. The van der Waals surface area contributed by atoms with Gasteiger partial charge >= 0.3 is 0 Å². The SMILES string of the molecule is C=C(C)/C=C\C(=C)NCC(CCC)CCCC. The van der Waals surface area contributed by atoms with Crippen molar-refractivity contribution in [2.75, 3.05) is 6.54 Å². The van der Waals surface area contributed by atoms with Crippen LogP contribution in [0, 0.1) is 5.92 Å². The van der Waals surface area contributed by atoms with Crippen molar-refractivity contribution in [3.8, 4) is 0 Å². The maximum Gasteiger partial charge on any atom is 0.0267 e. The Balaban J connectivity index is 3.93. The summed E-state index contributed by atoms with van der Waals surface area (Å²) in [5.74, 6) is 0.787. The minimum atomic E-state index is 0.787. The van der Waals surface area contributed by atoms with Gasteiger partial charge < -0.3 is 5.32 Å². The molecule has 0 saturated heterocycles. The molecule has 0 radical (unpaired) electrons. The second kappa shape index (κ2) is 10.2. The number of unbranched alkanes of at least 4 members (excludes halogenated alkanes) is 1. The van der Waals surface area contributed by atoms with E-state index in [1.54, 1.807) is 0 Å². The van der Waals surface area contributed by atoms with Crippen molar-refractivity contribution >= 4 is 0 Å². The van der Waals surface area contributed by atoms with Crippen molar-refractivity contribution in [3.63, 3.8) is 0 Å². The van der Waals surface area contributed by atoms with E-state index in [1.165, 1.54) is 32.1 Å². The highest BCUT2D eigenvalue weighted by molar-refractivity contribution is 5.21. The van der Waals surface area contributed by atoms with Gasteiger partial charge in [-0.2, -0.15) is 0 Å². The molecule has 0 aromatic rings. The Morgan fingerprint density at radius 3 is 2.35 bits per heavy atom. The first-order valence-corrected chi connectivity index (χ1v) is 6.86. The van der Waals surface area contributed by atoms with Crippen LogP contribution in [0.3, 0.4) is 0 Å². The van der Waals surface area contributed by atoms with E-state index in [2.05, 4.69) is 32.3 Å². The number of rotatable bonds is 10. The Morgan fingerprint density at radius 2 is 1.82 bits per heavy atom. The van der Waals surface area contributed by atoms with Crippen LogP contribution in [-0.4, -0.2) is 6.54 Å². The summed E-state index contributed by atoms with van der Waals surface area (Å²) in [4.78, 5) is 0. The van der Waals surface area contributed by atoms with Gasteiger partial charge in [-0.05, 0) is 31.8 Å². The fraction of sp³-hybridized carbons (Fsp3) is 0.625. The van der Waals surface area contributed by atoms with Gasteiger partial charge in [0.05, 0.1) is 0 Å². The second-order valence-corrected chi connectivity index (χ2v) is 4.88. The highest BCUT2D eigenvalue weighted by Gasteiger charge is 2.06. The number of hydrogen-bond acceptors (Lipinski definition) is 1. The zero-order chi connectivity index (χ0) is 13.1. The maximum atomic E-state index is 4.00. The molecule has 1 heteroatoms. The maximum absolute atomic E-state index is 4.00. The molecular weight excluding hydrogens is 206 g/mol. The Morgan fingerprint density at radius 1 is 1.12 bits per heavy atom. The minimum absolute atomic E-state index is 0.787. The van der Waals surface area contributed by atoms with Crippen LogP contribution in [0.4, 0.5) is 0 Å².